The Morgan fingerprint density at radius 3 is 2.40 bits per heavy atom. The van der Waals surface area contributed by atoms with E-state index in [9.17, 15) is 14.4 Å². The molecule has 3 aliphatic rings. The van der Waals surface area contributed by atoms with Crippen LogP contribution in [0.3, 0.4) is 0 Å². The number of amides is 3. The average Bonchev–Trinajstić information content (AvgIpc) is 3.31. The molecule has 132 valence electrons. The molecule has 2 fully saturated rings. The smallest absolute Gasteiger partial charge is 0.234 e. The summed E-state index contributed by atoms with van der Waals surface area (Å²) in [6.07, 6.45) is 5.05. The predicted molar refractivity (Wildman–Crippen MR) is 89.1 cm³/mol. The van der Waals surface area contributed by atoms with E-state index in [1.165, 1.54) is 4.90 Å². The monoisotopic (exact) mass is 342 g/mol. The highest BCUT2D eigenvalue weighted by Gasteiger charge is 2.60. The van der Waals surface area contributed by atoms with Gasteiger partial charge in [-0.1, -0.05) is 12.2 Å². The summed E-state index contributed by atoms with van der Waals surface area (Å²) in [6.45, 7) is 4.15. The number of nitrogens with one attached hydrogen (secondary N) is 1. The summed E-state index contributed by atoms with van der Waals surface area (Å²) in [5.74, 6) is 0.443. The Balaban J connectivity index is 1.66. The summed E-state index contributed by atoms with van der Waals surface area (Å²) in [7, 11) is 0. The molecule has 1 saturated heterocycles. The van der Waals surface area contributed by atoms with Crippen molar-refractivity contribution in [1.29, 1.82) is 0 Å². The van der Waals surface area contributed by atoms with Crippen molar-refractivity contribution >= 4 is 17.7 Å². The second kappa shape index (κ2) is 5.86. The first-order valence-corrected chi connectivity index (χ1v) is 8.89. The highest BCUT2D eigenvalue weighted by atomic mass is 16.3. The van der Waals surface area contributed by atoms with Gasteiger partial charge in [-0.2, -0.15) is 0 Å². The molecule has 1 saturated carbocycles. The molecular weight excluding hydrogens is 320 g/mol. The van der Waals surface area contributed by atoms with Crippen LogP contribution >= 0.6 is 0 Å². The number of aryl methyl sites for hydroxylation is 1. The van der Waals surface area contributed by atoms with Crippen LogP contribution < -0.4 is 5.32 Å². The summed E-state index contributed by atoms with van der Waals surface area (Å²) in [5.41, 5.74) is 0. The van der Waals surface area contributed by atoms with Gasteiger partial charge in [0, 0.05) is 6.54 Å². The lowest BCUT2D eigenvalue weighted by Gasteiger charge is -2.26. The van der Waals surface area contributed by atoms with Crippen molar-refractivity contribution in [1.82, 2.24) is 10.2 Å². The maximum Gasteiger partial charge on any atom is 0.234 e. The standard InChI is InChI=1S/C19H22N2O4/c1-3-20-15(22)9-13(14-7-4-10(2)25-14)21-18(23)16-11-5-6-12(8-11)17(16)19(21)24/h4-7,11-13,16-17H,3,8-9H2,1-2H3,(H,20,22). The normalized spacial score (nSPS) is 30.9. The molecule has 0 radical (unpaired) electrons. The molecule has 2 bridgehead atoms. The van der Waals surface area contributed by atoms with Gasteiger partial charge in [0.1, 0.15) is 17.6 Å². The zero-order valence-electron chi connectivity index (χ0n) is 14.4. The second-order valence-electron chi connectivity index (χ2n) is 7.17. The minimum Gasteiger partial charge on any atom is -0.464 e. The van der Waals surface area contributed by atoms with Gasteiger partial charge < -0.3 is 9.73 Å². The van der Waals surface area contributed by atoms with Gasteiger partial charge in [0.15, 0.2) is 0 Å². The van der Waals surface area contributed by atoms with E-state index in [0.29, 0.717) is 18.1 Å². The number of carbonyl (C=O) groups is 3. The summed E-state index contributed by atoms with van der Waals surface area (Å²) in [4.78, 5) is 39.6. The van der Waals surface area contributed by atoms with Crippen molar-refractivity contribution in [2.24, 2.45) is 23.7 Å². The zero-order chi connectivity index (χ0) is 17.7. The molecule has 25 heavy (non-hydrogen) atoms. The van der Waals surface area contributed by atoms with Gasteiger partial charge in [-0.15, -0.1) is 0 Å². The van der Waals surface area contributed by atoms with E-state index in [2.05, 4.69) is 17.5 Å². The molecule has 1 aliphatic heterocycles. The minimum absolute atomic E-state index is 0.0282. The van der Waals surface area contributed by atoms with E-state index in [1.54, 1.807) is 19.1 Å². The van der Waals surface area contributed by atoms with Gasteiger partial charge in [0.05, 0.1) is 18.3 Å². The second-order valence-corrected chi connectivity index (χ2v) is 7.17. The Kier molecular flexibility index (Phi) is 3.78. The molecule has 5 atom stereocenters. The van der Waals surface area contributed by atoms with E-state index in [0.717, 1.165) is 6.42 Å². The number of imide groups is 1. The van der Waals surface area contributed by atoms with Gasteiger partial charge in [0.2, 0.25) is 17.7 Å². The molecule has 1 aromatic rings. The SMILES string of the molecule is CCNC(=O)CC(c1ccc(C)o1)N1C(=O)C2C3C=CC(C3)C2C1=O. The Morgan fingerprint density at radius 1 is 1.24 bits per heavy atom. The summed E-state index contributed by atoms with van der Waals surface area (Å²) < 4.78 is 5.68. The third-order valence-electron chi connectivity index (χ3n) is 5.66. The summed E-state index contributed by atoms with van der Waals surface area (Å²) in [5, 5.41) is 2.74. The van der Waals surface area contributed by atoms with E-state index in [4.69, 9.17) is 4.42 Å². The van der Waals surface area contributed by atoms with Crippen LogP contribution in [0.4, 0.5) is 0 Å². The van der Waals surface area contributed by atoms with E-state index in [-0.39, 0.29) is 47.8 Å². The number of hydrogen-bond acceptors (Lipinski definition) is 4. The molecule has 1 N–H and O–H groups in total. The fraction of sp³-hybridized carbons (Fsp3) is 0.526. The van der Waals surface area contributed by atoms with Crippen molar-refractivity contribution in [2.75, 3.05) is 6.54 Å². The molecular formula is C19H22N2O4. The number of furan rings is 1. The maximum absolute atomic E-state index is 13.0. The molecule has 2 heterocycles. The van der Waals surface area contributed by atoms with Gasteiger partial charge >= 0.3 is 0 Å². The lowest BCUT2D eigenvalue weighted by atomic mass is 9.85. The van der Waals surface area contributed by atoms with E-state index in [1.807, 2.05) is 6.92 Å². The van der Waals surface area contributed by atoms with Crippen LogP contribution in [0.15, 0.2) is 28.7 Å². The van der Waals surface area contributed by atoms with Crippen molar-refractivity contribution in [3.8, 4) is 0 Å². The first-order valence-electron chi connectivity index (χ1n) is 8.89. The fourth-order valence-electron chi connectivity index (χ4n) is 4.63. The van der Waals surface area contributed by atoms with Crippen molar-refractivity contribution in [3.63, 3.8) is 0 Å². The van der Waals surface area contributed by atoms with Crippen LogP contribution in [0.2, 0.25) is 0 Å². The van der Waals surface area contributed by atoms with E-state index < -0.39 is 6.04 Å². The summed E-state index contributed by atoms with van der Waals surface area (Å²) in [6, 6.07) is 2.86. The van der Waals surface area contributed by atoms with E-state index >= 15 is 0 Å². The summed E-state index contributed by atoms with van der Waals surface area (Å²) >= 11 is 0. The highest BCUT2D eigenvalue weighted by Crippen LogP contribution is 2.54. The number of carbonyl (C=O) groups excluding carboxylic acids is 3. The van der Waals surface area contributed by atoms with Crippen LogP contribution in [-0.2, 0) is 14.4 Å². The van der Waals surface area contributed by atoms with Gasteiger partial charge in [-0.3, -0.25) is 19.3 Å². The minimum atomic E-state index is -0.676. The Labute approximate surface area is 146 Å². The number of hydrogen-bond donors (Lipinski definition) is 1. The Bertz CT molecular complexity index is 735. The molecule has 6 nitrogen and oxygen atoms in total. The number of likely N-dealkylation sites (tertiary alicyclic amines) is 1. The average molecular weight is 342 g/mol. The Morgan fingerprint density at radius 2 is 1.88 bits per heavy atom. The zero-order valence-corrected chi connectivity index (χ0v) is 14.4. The quantitative estimate of drug-likeness (QED) is 0.655. The van der Waals surface area contributed by atoms with Gasteiger partial charge in [-0.25, -0.2) is 0 Å². The number of fused-ring (bicyclic) bond motifs is 5. The molecule has 0 spiro atoms. The lowest BCUT2D eigenvalue weighted by molar-refractivity contribution is -0.144. The number of allylic oxidation sites excluding steroid dienone is 2. The van der Waals surface area contributed by atoms with Crippen LogP contribution in [0.1, 0.15) is 37.3 Å². The maximum atomic E-state index is 13.0. The van der Waals surface area contributed by atoms with Gasteiger partial charge in [0.25, 0.3) is 0 Å². The van der Waals surface area contributed by atoms with Crippen LogP contribution in [0.5, 0.6) is 0 Å². The first kappa shape index (κ1) is 16.1. The van der Waals surface area contributed by atoms with Crippen LogP contribution in [0, 0.1) is 30.6 Å². The Hall–Kier alpha value is -2.37. The molecule has 1 aromatic heterocycles. The number of rotatable bonds is 5. The third-order valence-corrected chi connectivity index (χ3v) is 5.66. The largest absolute Gasteiger partial charge is 0.464 e. The molecule has 4 rings (SSSR count). The van der Waals surface area contributed by atoms with Crippen molar-refractivity contribution in [2.45, 2.75) is 32.7 Å². The lowest BCUT2D eigenvalue weighted by Crippen LogP contribution is -2.39. The number of nitrogens with zero attached hydrogens (tertiary/aromatic N) is 1. The van der Waals surface area contributed by atoms with Crippen LogP contribution in [0.25, 0.3) is 0 Å². The van der Waals surface area contributed by atoms with Gasteiger partial charge in [-0.05, 0) is 44.2 Å². The first-order chi connectivity index (χ1) is 12.0. The molecule has 2 aliphatic carbocycles. The molecule has 3 amide bonds. The molecule has 0 aromatic carbocycles. The van der Waals surface area contributed by atoms with Crippen molar-refractivity contribution in [3.05, 3.63) is 35.8 Å². The molecule has 5 unspecified atom stereocenters. The highest BCUT2D eigenvalue weighted by molar-refractivity contribution is 6.07. The topological polar surface area (TPSA) is 79.6 Å². The predicted octanol–water partition coefficient (Wildman–Crippen LogP) is 1.96. The third kappa shape index (κ3) is 2.42. The molecule has 6 heteroatoms. The fourth-order valence-corrected chi connectivity index (χ4v) is 4.63. The van der Waals surface area contributed by atoms with Crippen molar-refractivity contribution < 1.29 is 18.8 Å². The van der Waals surface area contributed by atoms with Crippen LogP contribution in [-0.4, -0.2) is 29.2 Å².